The van der Waals surface area contributed by atoms with E-state index in [0.717, 1.165) is 15.6 Å². The molecule has 0 saturated heterocycles. The second-order valence-corrected chi connectivity index (χ2v) is 6.47. The van der Waals surface area contributed by atoms with Crippen molar-refractivity contribution in [2.24, 2.45) is 5.84 Å². The SMILES string of the molecule is NNC(Cc1ccc(Br)cc1Cl)c1ccc(Cl)c(Cl)c1. The van der Waals surface area contributed by atoms with Gasteiger partial charge in [-0.1, -0.05) is 62.9 Å². The third-order valence-corrected chi connectivity index (χ3v) is 4.57. The minimum absolute atomic E-state index is 0.0940. The maximum Gasteiger partial charge on any atom is 0.0595 e. The largest absolute Gasteiger partial charge is 0.271 e. The second kappa shape index (κ2) is 7.12. The third kappa shape index (κ3) is 3.88. The first-order chi connectivity index (χ1) is 9.51. The molecule has 1 atom stereocenters. The van der Waals surface area contributed by atoms with Crippen molar-refractivity contribution in [2.45, 2.75) is 12.5 Å². The minimum atomic E-state index is -0.0940. The van der Waals surface area contributed by atoms with Crippen LogP contribution in [0.25, 0.3) is 0 Å². The van der Waals surface area contributed by atoms with Gasteiger partial charge in [-0.25, -0.2) is 0 Å². The van der Waals surface area contributed by atoms with Gasteiger partial charge >= 0.3 is 0 Å². The van der Waals surface area contributed by atoms with Crippen molar-refractivity contribution in [1.29, 1.82) is 0 Å². The van der Waals surface area contributed by atoms with E-state index in [1.165, 1.54) is 0 Å². The third-order valence-electron chi connectivity index (χ3n) is 2.99. The van der Waals surface area contributed by atoms with Crippen LogP contribution in [0.5, 0.6) is 0 Å². The van der Waals surface area contributed by atoms with E-state index in [1.54, 1.807) is 12.1 Å². The summed E-state index contributed by atoms with van der Waals surface area (Å²) in [5.41, 5.74) is 4.75. The van der Waals surface area contributed by atoms with Gasteiger partial charge < -0.3 is 0 Å². The quantitative estimate of drug-likeness (QED) is 0.555. The van der Waals surface area contributed by atoms with Crippen LogP contribution in [0, 0.1) is 0 Å². The Bertz CT molecular complexity index is 619. The van der Waals surface area contributed by atoms with E-state index in [2.05, 4.69) is 21.4 Å². The molecule has 0 amide bonds. The van der Waals surface area contributed by atoms with Crippen LogP contribution in [0.2, 0.25) is 15.1 Å². The summed E-state index contributed by atoms with van der Waals surface area (Å²) in [6.45, 7) is 0. The van der Waals surface area contributed by atoms with Gasteiger partial charge in [0, 0.05) is 9.50 Å². The Morgan fingerprint density at radius 1 is 1.00 bits per heavy atom. The van der Waals surface area contributed by atoms with Gasteiger partial charge in [-0.05, 0) is 41.8 Å². The summed E-state index contributed by atoms with van der Waals surface area (Å²) < 4.78 is 0.943. The normalized spacial score (nSPS) is 12.4. The fourth-order valence-electron chi connectivity index (χ4n) is 1.91. The molecule has 0 spiro atoms. The lowest BCUT2D eigenvalue weighted by molar-refractivity contribution is 0.552. The summed E-state index contributed by atoms with van der Waals surface area (Å²) in [6.07, 6.45) is 0.653. The molecule has 20 heavy (non-hydrogen) atoms. The van der Waals surface area contributed by atoms with E-state index in [0.29, 0.717) is 21.5 Å². The number of nitrogens with two attached hydrogens (primary N) is 1. The molecule has 1 unspecified atom stereocenters. The lowest BCUT2D eigenvalue weighted by Crippen LogP contribution is -2.29. The summed E-state index contributed by atoms with van der Waals surface area (Å²) in [5, 5.41) is 1.72. The average molecular weight is 395 g/mol. The standard InChI is InChI=1S/C14H12BrCl3N2/c15-10-3-1-8(12(17)7-10)6-14(20-19)9-2-4-11(16)13(18)5-9/h1-5,7,14,20H,6,19H2. The number of halogens is 4. The van der Waals surface area contributed by atoms with Gasteiger partial charge in [0.2, 0.25) is 0 Å². The maximum atomic E-state index is 6.23. The molecule has 0 radical (unpaired) electrons. The molecule has 3 N–H and O–H groups in total. The first-order valence-corrected chi connectivity index (χ1v) is 7.79. The Morgan fingerprint density at radius 2 is 1.75 bits per heavy atom. The van der Waals surface area contributed by atoms with Crippen molar-refractivity contribution in [3.63, 3.8) is 0 Å². The Morgan fingerprint density at radius 3 is 2.35 bits per heavy atom. The second-order valence-electron chi connectivity index (χ2n) is 4.33. The zero-order chi connectivity index (χ0) is 14.7. The van der Waals surface area contributed by atoms with Crippen LogP contribution >= 0.6 is 50.7 Å². The molecule has 0 saturated carbocycles. The van der Waals surface area contributed by atoms with E-state index in [4.69, 9.17) is 40.6 Å². The number of nitrogens with one attached hydrogen (secondary N) is 1. The summed E-state index contributed by atoms with van der Waals surface area (Å²) in [7, 11) is 0. The van der Waals surface area contributed by atoms with E-state index in [-0.39, 0.29) is 6.04 Å². The van der Waals surface area contributed by atoms with Crippen molar-refractivity contribution >= 4 is 50.7 Å². The molecular formula is C14H12BrCl3N2. The topological polar surface area (TPSA) is 38.0 Å². The number of hydrogen-bond donors (Lipinski definition) is 2. The zero-order valence-electron chi connectivity index (χ0n) is 10.3. The molecule has 2 aromatic rings. The number of hydrazine groups is 1. The Balaban J connectivity index is 2.26. The van der Waals surface area contributed by atoms with Crippen LogP contribution in [-0.2, 0) is 6.42 Å². The van der Waals surface area contributed by atoms with Gasteiger partial charge in [0.25, 0.3) is 0 Å². The highest BCUT2D eigenvalue weighted by Gasteiger charge is 2.14. The van der Waals surface area contributed by atoms with Gasteiger partial charge in [0.1, 0.15) is 0 Å². The molecule has 2 nitrogen and oxygen atoms in total. The first-order valence-electron chi connectivity index (χ1n) is 5.86. The predicted molar refractivity (Wildman–Crippen MR) is 89.4 cm³/mol. The van der Waals surface area contributed by atoms with Crippen LogP contribution in [0.1, 0.15) is 17.2 Å². The lowest BCUT2D eigenvalue weighted by Gasteiger charge is -2.18. The smallest absolute Gasteiger partial charge is 0.0595 e. The molecule has 0 heterocycles. The van der Waals surface area contributed by atoms with Crippen LogP contribution in [0.15, 0.2) is 40.9 Å². The summed E-state index contributed by atoms with van der Waals surface area (Å²) in [6, 6.07) is 11.1. The Hall–Kier alpha value is -0.290. The van der Waals surface area contributed by atoms with Gasteiger partial charge in [0.05, 0.1) is 16.1 Å². The highest BCUT2D eigenvalue weighted by Crippen LogP contribution is 2.29. The van der Waals surface area contributed by atoms with E-state index >= 15 is 0 Å². The summed E-state index contributed by atoms with van der Waals surface area (Å²) >= 11 is 21.6. The highest BCUT2D eigenvalue weighted by molar-refractivity contribution is 9.10. The van der Waals surface area contributed by atoms with Crippen LogP contribution in [-0.4, -0.2) is 0 Å². The van der Waals surface area contributed by atoms with Crippen molar-refractivity contribution in [2.75, 3.05) is 0 Å². The molecule has 2 aromatic carbocycles. The van der Waals surface area contributed by atoms with Crippen LogP contribution < -0.4 is 11.3 Å². The van der Waals surface area contributed by atoms with Crippen molar-refractivity contribution < 1.29 is 0 Å². The number of hydrogen-bond acceptors (Lipinski definition) is 2. The van der Waals surface area contributed by atoms with Gasteiger partial charge in [-0.2, -0.15) is 0 Å². The first kappa shape index (κ1) is 16.1. The van der Waals surface area contributed by atoms with Gasteiger partial charge in [0.15, 0.2) is 0 Å². The van der Waals surface area contributed by atoms with Gasteiger partial charge in [-0.15, -0.1) is 0 Å². The van der Waals surface area contributed by atoms with E-state index < -0.39 is 0 Å². The molecule has 106 valence electrons. The molecule has 0 aliphatic heterocycles. The number of benzene rings is 2. The maximum absolute atomic E-state index is 6.23. The Labute approximate surface area is 141 Å². The Kier molecular flexibility index (Phi) is 5.73. The zero-order valence-corrected chi connectivity index (χ0v) is 14.2. The van der Waals surface area contributed by atoms with E-state index in [9.17, 15) is 0 Å². The summed E-state index contributed by atoms with van der Waals surface area (Å²) in [5.74, 6) is 5.64. The fourth-order valence-corrected chi connectivity index (χ4v) is 2.97. The van der Waals surface area contributed by atoms with Gasteiger partial charge in [-0.3, -0.25) is 11.3 Å². The summed E-state index contributed by atoms with van der Waals surface area (Å²) in [4.78, 5) is 0. The van der Waals surface area contributed by atoms with Crippen molar-refractivity contribution in [3.8, 4) is 0 Å². The fraction of sp³-hybridized carbons (Fsp3) is 0.143. The van der Waals surface area contributed by atoms with Crippen molar-refractivity contribution in [1.82, 2.24) is 5.43 Å². The number of rotatable bonds is 4. The molecule has 0 bridgehead atoms. The molecule has 0 fully saturated rings. The lowest BCUT2D eigenvalue weighted by atomic mass is 9.99. The minimum Gasteiger partial charge on any atom is -0.271 e. The molecule has 2 rings (SSSR count). The molecule has 0 aromatic heterocycles. The van der Waals surface area contributed by atoms with E-state index in [1.807, 2.05) is 24.3 Å². The molecule has 0 aliphatic rings. The molecule has 0 aliphatic carbocycles. The predicted octanol–water partition coefficient (Wildman–Crippen LogP) is 5.16. The molecular weight excluding hydrogens is 382 g/mol. The van der Waals surface area contributed by atoms with Crippen LogP contribution in [0.3, 0.4) is 0 Å². The monoisotopic (exact) mass is 392 g/mol. The van der Waals surface area contributed by atoms with Crippen LogP contribution in [0.4, 0.5) is 0 Å². The molecule has 6 heteroatoms. The van der Waals surface area contributed by atoms with Crippen molar-refractivity contribution in [3.05, 3.63) is 67.1 Å². The highest BCUT2D eigenvalue weighted by atomic mass is 79.9. The average Bonchev–Trinajstić information content (AvgIpc) is 2.41.